The molecule has 1 fully saturated rings. The van der Waals surface area contributed by atoms with Gasteiger partial charge in [0.05, 0.1) is 25.5 Å². The van der Waals surface area contributed by atoms with E-state index in [4.69, 9.17) is 9.47 Å². The number of amides is 1. The van der Waals surface area contributed by atoms with Crippen LogP contribution in [-0.2, 0) is 9.59 Å². The number of anilines is 1. The van der Waals surface area contributed by atoms with Crippen LogP contribution in [0.3, 0.4) is 0 Å². The molecule has 2 heterocycles. The Morgan fingerprint density at radius 3 is 2.31 bits per heavy atom. The number of aliphatic hydroxyl groups is 1. The second-order valence-corrected chi connectivity index (χ2v) is 7.33. The molecule has 7 heteroatoms. The first kappa shape index (κ1) is 21.1. The van der Waals surface area contributed by atoms with Gasteiger partial charge < -0.3 is 14.6 Å². The zero-order chi connectivity index (χ0) is 22.8. The molecule has 7 nitrogen and oxygen atoms in total. The lowest BCUT2D eigenvalue weighted by Gasteiger charge is -2.24. The summed E-state index contributed by atoms with van der Waals surface area (Å²) in [6.07, 6.45) is 1.58. The van der Waals surface area contributed by atoms with Gasteiger partial charge in [-0.3, -0.25) is 19.5 Å². The number of nitrogens with zero attached hydrogens (tertiary/aromatic N) is 2. The molecule has 1 aliphatic heterocycles. The van der Waals surface area contributed by atoms with E-state index < -0.39 is 17.7 Å². The van der Waals surface area contributed by atoms with Crippen molar-refractivity contribution in [2.24, 2.45) is 0 Å². The minimum absolute atomic E-state index is 0.0403. The number of carbonyl (C=O) groups is 2. The van der Waals surface area contributed by atoms with E-state index in [1.807, 2.05) is 19.1 Å². The van der Waals surface area contributed by atoms with Gasteiger partial charge in [0.1, 0.15) is 11.8 Å². The van der Waals surface area contributed by atoms with Gasteiger partial charge in [0.25, 0.3) is 11.7 Å². The van der Waals surface area contributed by atoms with Crippen molar-refractivity contribution in [3.8, 4) is 11.5 Å². The highest BCUT2D eigenvalue weighted by Gasteiger charge is 2.47. The average molecular weight is 430 g/mol. The van der Waals surface area contributed by atoms with Crippen LogP contribution in [0.4, 0.5) is 5.69 Å². The van der Waals surface area contributed by atoms with Crippen LogP contribution in [0.5, 0.6) is 11.5 Å². The molecule has 1 unspecified atom stereocenters. The highest BCUT2D eigenvalue weighted by molar-refractivity contribution is 6.51. The summed E-state index contributed by atoms with van der Waals surface area (Å²) in [6, 6.07) is 16.4. The van der Waals surface area contributed by atoms with Gasteiger partial charge in [-0.15, -0.1) is 0 Å². The Morgan fingerprint density at radius 1 is 0.969 bits per heavy atom. The number of benzene rings is 2. The first-order valence-corrected chi connectivity index (χ1v) is 9.97. The van der Waals surface area contributed by atoms with Crippen molar-refractivity contribution in [2.75, 3.05) is 19.1 Å². The largest absolute Gasteiger partial charge is 0.507 e. The molecule has 162 valence electrons. The second-order valence-electron chi connectivity index (χ2n) is 7.33. The second kappa shape index (κ2) is 8.55. The van der Waals surface area contributed by atoms with Crippen molar-refractivity contribution < 1.29 is 24.2 Å². The predicted molar refractivity (Wildman–Crippen MR) is 120 cm³/mol. The Bertz CT molecular complexity index is 1200. The van der Waals surface area contributed by atoms with Crippen molar-refractivity contribution in [3.63, 3.8) is 0 Å². The lowest BCUT2D eigenvalue weighted by molar-refractivity contribution is -0.132. The van der Waals surface area contributed by atoms with Gasteiger partial charge in [0.2, 0.25) is 0 Å². The monoisotopic (exact) mass is 430 g/mol. The Kier molecular flexibility index (Phi) is 5.64. The van der Waals surface area contributed by atoms with Crippen LogP contribution in [-0.4, -0.2) is 36.0 Å². The van der Waals surface area contributed by atoms with Gasteiger partial charge in [-0.05, 0) is 49.4 Å². The van der Waals surface area contributed by atoms with Crippen molar-refractivity contribution in [1.82, 2.24) is 4.98 Å². The van der Waals surface area contributed by atoms with Gasteiger partial charge in [-0.2, -0.15) is 0 Å². The molecule has 32 heavy (non-hydrogen) atoms. The van der Waals surface area contributed by atoms with Crippen LogP contribution in [0.15, 0.2) is 72.4 Å². The minimum Gasteiger partial charge on any atom is -0.507 e. The number of aryl methyl sites for hydroxylation is 1. The van der Waals surface area contributed by atoms with Crippen LogP contribution in [0.2, 0.25) is 0 Å². The maximum atomic E-state index is 13.1. The smallest absolute Gasteiger partial charge is 0.300 e. The quantitative estimate of drug-likeness (QED) is 0.373. The SMILES string of the molecule is COc1ccc(/C(O)=C2/C(=O)C(=O)N(c3ccc(C)cc3)C2c2ccccn2)cc1OC. The number of hydrogen-bond donors (Lipinski definition) is 1. The number of pyridine rings is 1. The molecule has 0 bridgehead atoms. The molecule has 1 N–H and O–H groups in total. The fourth-order valence-corrected chi connectivity index (χ4v) is 3.76. The Balaban J connectivity index is 1.92. The molecule has 1 amide bonds. The van der Waals surface area contributed by atoms with Crippen LogP contribution in [0, 0.1) is 6.92 Å². The molecule has 0 spiro atoms. The molecule has 1 aliphatic rings. The van der Waals surface area contributed by atoms with Gasteiger partial charge >= 0.3 is 0 Å². The van der Waals surface area contributed by atoms with Gasteiger partial charge in [0, 0.05) is 17.4 Å². The molecule has 1 saturated heterocycles. The van der Waals surface area contributed by atoms with E-state index >= 15 is 0 Å². The molecule has 4 rings (SSSR count). The van der Waals surface area contributed by atoms with E-state index in [0.29, 0.717) is 28.4 Å². The fraction of sp³-hybridized carbons (Fsp3) is 0.160. The molecular weight excluding hydrogens is 408 g/mol. The first-order chi connectivity index (χ1) is 15.5. The summed E-state index contributed by atoms with van der Waals surface area (Å²) in [4.78, 5) is 32.0. The van der Waals surface area contributed by atoms with E-state index in [2.05, 4.69) is 4.98 Å². The summed E-state index contributed by atoms with van der Waals surface area (Å²) < 4.78 is 10.6. The van der Waals surface area contributed by atoms with E-state index in [1.54, 1.807) is 54.7 Å². The summed E-state index contributed by atoms with van der Waals surface area (Å²) in [5, 5.41) is 11.2. The molecule has 0 aliphatic carbocycles. The summed E-state index contributed by atoms with van der Waals surface area (Å²) in [7, 11) is 2.98. The van der Waals surface area contributed by atoms with Gasteiger partial charge in [0.15, 0.2) is 11.5 Å². The zero-order valence-corrected chi connectivity index (χ0v) is 17.9. The first-order valence-electron chi connectivity index (χ1n) is 9.97. The molecule has 1 atom stereocenters. The van der Waals surface area contributed by atoms with Gasteiger partial charge in [-0.25, -0.2) is 0 Å². The van der Waals surface area contributed by atoms with E-state index in [1.165, 1.54) is 19.1 Å². The number of ketones is 1. The minimum atomic E-state index is -0.882. The molecular formula is C25H22N2O5. The highest BCUT2D eigenvalue weighted by Crippen LogP contribution is 2.42. The van der Waals surface area contributed by atoms with Crippen LogP contribution in [0.1, 0.15) is 22.9 Å². The number of ether oxygens (including phenoxy) is 2. The van der Waals surface area contributed by atoms with Crippen molar-refractivity contribution in [3.05, 3.63) is 89.3 Å². The maximum absolute atomic E-state index is 13.1. The van der Waals surface area contributed by atoms with Crippen molar-refractivity contribution in [1.29, 1.82) is 0 Å². The Labute approximate surface area is 185 Å². The van der Waals surface area contributed by atoms with Crippen LogP contribution in [0.25, 0.3) is 5.76 Å². The molecule has 0 saturated carbocycles. The molecule has 0 radical (unpaired) electrons. The summed E-state index contributed by atoms with van der Waals surface area (Å²) in [5.41, 5.74) is 2.31. The normalized spacial score (nSPS) is 17.5. The number of Topliss-reactive ketones (excluding diaryl/α,β-unsaturated/α-hetero) is 1. The van der Waals surface area contributed by atoms with Gasteiger partial charge in [-0.1, -0.05) is 23.8 Å². The zero-order valence-electron chi connectivity index (χ0n) is 17.9. The number of aromatic nitrogens is 1. The molecule has 2 aromatic carbocycles. The third-order valence-corrected chi connectivity index (χ3v) is 5.38. The summed E-state index contributed by atoms with van der Waals surface area (Å²) >= 11 is 0. The van der Waals surface area contributed by atoms with E-state index in [-0.39, 0.29) is 11.3 Å². The number of rotatable bonds is 5. The third-order valence-electron chi connectivity index (χ3n) is 5.38. The van der Waals surface area contributed by atoms with Crippen molar-refractivity contribution >= 4 is 23.1 Å². The summed E-state index contributed by atoms with van der Waals surface area (Å²) in [5.74, 6) is -0.959. The number of methoxy groups -OCH3 is 2. The molecule has 3 aromatic rings. The third kappa shape index (κ3) is 3.58. The predicted octanol–water partition coefficient (Wildman–Crippen LogP) is 4.03. The topological polar surface area (TPSA) is 89.0 Å². The standard InChI is InChI=1S/C25H22N2O5/c1-15-7-10-17(11-8-15)27-22(18-6-4-5-13-26-18)21(24(29)25(27)30)23(28)16-9-12-19(31-2)20(14-16)32-3/h4-14,22,28H,1-3H3/b23-21-. The van der Waals surface area contributed by atoms with E-state index in [0.717, 1.165) is 5.56 Å². The number of hydrogen-bond acceptors (Lipinski definition) is 6. The van der Waals surface area contributed by atoms with E-state index in [9.17, 15) is 14.7 Å². The highest BCUT2D eigenvalue weighted by atomic mass is 16.5. The summed E-state index contributed by atoms with van der Waals surface area (Å²) in [6.45, 7) is 1.94. The fourth-order valence-electron chi connectivity index (χ4n) is 3.76. The average Bonchev–Trinajstić information content (AvgIpc) is 3.09. The maximum Gasteiger partial charge on any atom is 0.300 e. The van der Waals surface area contributed by atoms with Crippen LogP contribution < -0.4 is 14.4 Å². The number of aliphatic hydroxyl groups excluding tert-OH is 1. The Morgan fingerprint density at radius 2 is 1.69 bits per heavy atom. The Hall–Kier alpha value is -4.13. The lowest BCUT2D eigenvalue weighted by Crippen LogP contribution is -2.29. The van der Waals surface area contributed by atoms with Crippen molar-refractivity contribution in [2.45, 2.75) is 13.0 Å². The van der Waals surface area contributed by atoms with Crippen LogP contribution >= 0.6 is 0 Å². The number of carbonyl (C=O) groups excluding carboxylic acids is 2. The molecule has 1 aromatic heterocycles. The lowest BCUT2D eigenvalue weighted by atomic mass is 9.98.